The predicted octanol–water partition coefficient (Wildman–Crippen LogP) is 4.59. The number of nitrogens with one attached hydrogen (secondary N) is 1. The van der Waals surface area contributed by atoms with Gasteiger partial charge in [-0.15, -0.1) is 0 Å². The number of benzene rings is 2. The number of hydrogen-bond donors (Lipinski definition) is 1. The lowest BCUT2D eigenvalue weighted by Crippen LogP contribution is -2.18. The van der Waals surface area contributed by atoms with E-state index in [0.29, 0.717) is 6.04 Å². The molecular formula is C19H25N. The van der Waals surface area contributed by atoms with E-state index < -0.39 is 0 Å². The highest BCUT2D eigenvalue weighted by molar-refractivity contribution is 5.36. The average molecular weight is 267 g/mol. The smallest absolute Gasteiger partial charge is 0.0322 e. The van der Waals surface area contributed by atoms with E-state index in [0.717, 1.165) is 6.42 Å². The first-order valence-corrected chi connectivity index (χ1v) is 7.49. The summed E-state index contributed by atoms with van der Waals surface area (Å²) in [5.41, 5.74) is 5.69. The van der Waals surface area contributed by atoms with Crippen LogP contribution in [0.15, 0.2) is 48.5 Å². The zero-order valence-electron chi connectivity index (χ0n) is 12.8. The molecule has 0 aromatic heterocycles. The zero-order valence-corrected chi connectivity index (χ0v) is 12.8. The third-order valence-electron chi connectivity index (χ3n) is 4.04. The molecule has 0 spiro atoms. The molecule has 0 saturated carbocycles. The highest BCUT2D eigenvalue weighted by Gasteiger charge is 2.13. The second-order valence-electron chi connectivity index (χ2n) is 5.52. The van der Waals surface area contributed by atoms with Gasteiger partial charge in [0.05, 0.1) is 0 Å². The SMILES string of the molecule is CNC(CCCc1ccccc1)c1c(C)cccc1C. The highest BCUT2D eigenvalue weighted by Crippen LogP contribution is 2.25. The largest absolute Gasteiger partial charge is 0.313 e. The van der Waals surface area contributed by atoms with Crippen molar-refractivity contribution in [3.05, 3.63) is 70.8 Å². The number of rotatable bonds is 6. The van der Waals surface area contributed by atoms with Gasteiger partial charge in [0.2, 0.25) is 0 Å². The van der Waals surface area contributed by atoms with Crippen LogP contribution in [0.3, 0.4) is 0 Å². The summed E-state index contributed by atoms with van der Waals surface area (Å²) in [7, 11) is 2.07. The second kappa shape index (κ2) is 7.25. The molecule has 1 nitrogen and oxygen atoms in total. The van der Waals surface area contributed by atoms with Crippen molar-refractivity contribution in [2.24, 2.45) is 0 Å². The first-order chi connectivity index (χ1) is 9.72. The molecule has 0 saturated heterocycles. The van der Waals surface area contributed by atoms with Crippen molar-refractivity contribution < 1.29 is 0 Å². The molecule has 106 valence electrons. The zero-order chi connectivity index (χ0) is 14.4. The minimum absolute atomic E-state index is 0.458. The Labute approximate surface area is 123 Å². The van der Waals surface area contributed by atoms with E-state index in [1.807, 2.05) is 0 Å². The van der Waals surface area contributed by atoms with Crippen molar-refractivity contribution in [2.75, 3.05) is 7.05 Å². The van der Waals surface area contributed by atoms with Gasteiger partial charge in [-0.2, -0.15) is 0 Å². The lowest BCUT2D eigenvalue weighted by Gasteiger charge is -2.21. The van der Waals surface area contributed by atoms with Crippen molar-refractivity contribution in [1.29, 1.82) is 0 Å². The molecule has 0 bridgehead atoms. The van der Waals surface area contributed by atoms with E-state index in [1.54, 1.807) is 0 Å². The van der Waals surface area contributed by atoms with Gasteiger partial charge in [0.15, 0.2) is 0 Å². The summed E-state index contributed by atoms with van der Waals surface area (Å²) in [6, 6.07) is 17.8. The molecule has 0 heterocycles. The summed E-state index contributed by atoms with van der Waals surface area (Å²) >= 11 is 0. The second-order valence-corrected chi connectivity index (χ2v) is 5.52. The Morgan fingerprint density at radius 3 is 2.15 bits per heavy atom. The van der Waals surface area contributed by atoms with Crippen LogP contribution in [0.25, 0.3) is 0 Å². The fourth-order valence-electron chi connectivity index (χ4n) is 2.96. The van der Waals surface area contributed by atoms with Crippen molar-refractivity contribution >= 4 is 0 Å². The number of aryl methyl sites for hydroxylation is 3. The Hall–Kier alpha value is -1.60. The summed E-state index contributed by atoms with van der Waals surface area (Å²) < 4.78 is 0. The Bertz CT molecular complexity index is 510. The van der Waals surface area contributed by atoms with Crippen LogP contribution in [0, 0.1) is 13.8 Å². The van der Waals surface area contributed by atoms with E-state index in [9.17, 15) is 0 Å². The summed E-state index contributed by atoms with van der Waals surface area (Å²) in [5.74, 6) is 0. The van der Waals surface area contributed by atoms with E-state index in [4.69, 9.17) is 0 Å². The predicted molar refractivity (Wildman–Crippen MR) is 87.1 cm³/mol. The van der Waals surface area contributed by atoms with Gasteiger partial charge in [0.25, 0.3) is 0 Å². The molecule has 0 aliphatic heterocycles. The third-order valence-corrected chi connectivity index (χ3v) is 4.04. The standard InChI is InChI=1S/C19H25N/c1-15-9-7-10-16(2)19(15)18(20-3)14-8-13-17-11-5-4-6-12-17/h4-7,9-12,18,20H,8,13-14H2,1-3H3. The number of hydrogen-bond acceptors (Lipinski definition) is 1. The molecule has 1 heteroatoms. The van der Waals surface area contributed by atoms with E-state index in [-0.39, 0.29) is 0 Å². The molecule has 0 aliphatic carbocycles. The van der Waals surface area contributed by atoms with Crippen LogP contribution >= 0.6 is 0 Å². The van der Waals surface area contributed by atoms with Gasteiger partial charge in [-0.25, -0.2) is 0 Å². The van der Waals surface area contributed by atoms with Crippen LogP contribution in [-0.4, -0.2) is 7.05 Å². The lowest BCUT2D eigenvalue weighted by molar-refractivity contribution is 0.523. The molecule has 2 rings (SSSR count). The minimum Gasteiger partial charge on any atom is -0.313 e. The van der Waals surface area contributed by atoms with Crippen LogP contribution in [-0.2, 0) is 6.42 Å². The maximum Gasteiger partial charge on any atom is 0.0322 e. The fourth-order valence-corrected chi connectivity index (χ4v) is 2.96. The molecule has 0 radical (unpaired) electrons. The normalized spacial score (nSPS) is 12.3. The monoisotopic (exact) mass is 267 g/mol. The van der Waals surface area contributed by atoms with Crippen molar-refractivity contribution in [2.45, 2.75) is 39.2 Å². The molecular weight excluding hydrogens is 242 g/mol. The summed E-state index contributed by atoms with van der Waals surface area (Å²) in [4.78, 5) is 0. The van der Waals surface area contributed by atoms with E-state index in [1.165, 1.54) is 35.1 Å². The van der Waals surface area contributed by atoms with Crippen LogP contribution < -0.4 is 5.32 Å². The Morgan fingerprint density at radius 1 is 0.900 bits per heavy atom. The summed E-state index contributed by atoms with van der Waals surface area (Å²) in [5, 5.41) is 3.49. The van der Waals surface area contributed by atoms with E-state index >= 15 is 0 Å². The average Bonchev–Trinajstić information content (AvgIpc) is 2.46. The van der Waals surface area contributed by atoms with Crippen molar-refractivity contribution in [3.8, 4) is 0 Å². The summed E-state index contributed by atoms with van der Waals surface area (Å²) in [6.45, 7) is 4.42. The summed E-state index contributed by atoms with van der Waals surface area (Å²) in [6.07, 6.45) is 3.55. The van der Waals surface area contributed by atoms with Gasteiger partial charge in [0, 0.05) is 6.04 Å². The molecule has 0 aliphatic rings. The molecule has 20 heavy (non-hydrogen) atoms. The molecule has 0 fully saturated rings. The maximum atomic E-state index is 3.49. The van der Waals surface area contributed by atoms with Crippen LogP contribution in [0.4, 0.5) is 0 Å². The van der Waals surface area contributed by atoms with Gasteiger partial charge in [-0.05, 0) is 62.4 Å². The molecule has 2 aromatic rings. The van der Waals surface area contributed by atoms with Crippen LogP contribution in [0.1, 0.15) is 41.1 Å². The Balaban J connectivity index is 1.99. The molecule has 2 aromatic carbocycles. The lowest BCUT2D eigenvalue weighted by atomic mass is 9.92. The molecule has 1 atom stereocenters. The van der Waals surface area contributed by atoms with Crippen molar-refractivity contribution in [3.63, 3.8) is 0 Å². The fraction of sp³-hybridized carbons (Fsp3) is 0.368. The van der Waals surface area contributed by atoms with Crippen molar-refractivity contribution in [1.82, 2.24) is 5.32 Å². The third kappa shape index (κ3) is 3.71. The van der Waals surface area contributed by atoms with Gasteiger partial charge in [-0.3, -0.25) is 0 Å². The highest BCUT2D eigenvalue weighted by atomic mass is 14.9. The quantitative estimate of drug-likeness (QED) is 0.807. The maximum absolute atomic E-state index is 3.49. The van der Waals surface area contributed by atoms with Crippen LogP contribution in [0.5, 0.6) is 0 Å². The Kier molecular flexibility index (Phi) is 5.37. The van der Waals surface area contributed by atoms with Gasteiger partial charge < -0.3 is 5.32 Å². The minimum atomic E-state index is 0.458. The molecule has 1 unspecified atom stereocenters. The van der Waals surface area contributed by atoms with Gasteiger partial charge >= 0.3 is 0 Å². The first-order valence-electron chi connectivity index (χ1n) is 7.49. The van der Waals surface area contributed by atoms with Gasteiger partial charge in [-0.1, -0.05) is 48.5 Å². The van der Waals surface area contributed by atoms with Crippen LogP contribution in [0.2, 0.25) is 0 Å². The Morgan fingerprint density at radius 2 is 1.55 bits per heavy atom. The van der Waals surface area contributed by atoms with Gasteiger partial charge in [0.1, 0.15) is 0 Å². The first kappa shape index (κ1) is 14.8. The van der Waals surface area contributed by atoms with E-state index in [2.05, 4.69) is 74.7 Å². The molecule has 0 amide bonds. The topological polar surface area (TPSA) is 12.0 Å². The molecule has 1 N–H and O–H groups in total.